The van der Waals surface area contributed by atoms with E-state index in [1.54, 1.807) is 45.0 Å². The smallest absolute Gasteiger partial charge is 0.442 e. The lowest BCUT2D eigenvalue weighted by atomic mass is 10.0. The Labute approximate surface area is 188 Å². The maximum Gasteiger partial charge on any atom is 0.483 e. The molecule has 0 saturated carbocycles. The van der Waals surface area contributed by atoms with Crippen molar-refractivity contribution >= 4 is 28.6 Å². The van der Waals surface area contributed by atoms with E-state index in [4.69, 9.17) is 9.47 Å². The highest BCUT2D eigenvalue weighted by Gasteiger charge is 2.51. The van der Waals surface area contributed by atoms with E-state index in [9.17, 15) is 23.5 Å². The fourth-order valence-corrected chi connectivity index (χ4v) is 3.66. The summed E-state index contributed by atoms with van der Waals surface area (Å²) in [7, 11) is 0. The second kappa shape index (κ2) is 7.80. The minimum absolute atomic E-state index is 0.112. The number of benzene rings is 2. The summed E-state index contributed by atoms with van der Waals surface area (Å²) in [4.78, 5) is 26.0. The number of carbonyl (C=O) groups excluding carboxylic acids is 2. The van der Waals surface area contributed by atoms with Gasteiger partial charge in [-0.1, -0.05) is 24.3 Å². The minimum atomic E-state index is -4.10. The largest absolute Gasteiger partial charge is 0.483 e. The summed E-state index contributed by atoms with van der Waals surface area (Å²) in [6, 6.07) is 9.41. The Morgan fingerprint density at radius 2 is 1.94 bits per heavy atom. The van der Waals surface area contributed by atoms with E-state index in [1.165, 1.54) is 25.3 Å². The SMILES string of the molecule is CC(O)c1cccc2c1OC(F)(F)C(=O)N2Cc1cccc2c1cnn2C(=O)OC(C)(C)C. The first-order chi connectivity index (χ1) is 15.4. The zero-order chi connectivity index (χ0) is 24.1. The fourth-order valence-electron chi connectivity index (χ4n) is 3.66. The molecule has 1 N–H and O–H groups in total. The number of nitrogens with zero attached hydrogens (tertiary/aromatic N) is 3. The predicted octanol–water partition coefficient (Wildman–Crippen LogP) is 4.39. The first-order valence-corrected chi connectivity index (χ1v) is 10.3. The second-order valence-corrected chi connectivity index (χ2v) is 8.77. The molecule has 2 heterocycles. The van der Waals surface area contributed by atoms with E-state index in [0.717, 1.165) is 9.58 Å². The van der Waals surface area contributed by atoms with E-state index in [-0.39, 0.29) is 23.5 Å². The Balaban J connectivity index is 1.77. The van der Waals surface area contributed by atoms with Crippen molar-refractivity contribution in [1.29, 1.82) is 0 Å². The highest BCUT2D eigenvalue weighted by molar-refractivity contribution is 6.01. The molecular formula is C23H23F2N3O5. The van der Waals surface area contributed by atoms with Gasteiger partial charge in [0.05, 0.1) is 30.0 Å². The Morgan fingerprint density at radius 1 is 1.24 bits per heavy atom. The third-order valence-corrected chi connectivity index (χ3v) is 5.09. The number of alkyl halides is 2. The van der Waals surface area contributed by atoms with Crippen LogP contribution in [-0.4, -0.2) is 38.6 Å². The molecule has 4 rings (SSSR count). The van der Waals surface area contributed by atoms with Gasteiger partial charge in [-0.2, -0.15) is 18.6 Å². The number of fused-ring (bicyclic) bond motifs is 2. The van der Waals surface area contributed by atoms with Crippen molar-refractivity contribution in [3.63, 3.8) is 0 Å². The van der Waals surface area contributed by atoms with Gasteiger partial charge in [-0.3, -0.25) is 9.69 Å². The molecule has 3 aromatic rings. The van der Waals surface area contributed by atoms with Crippen molar-refractivity contribution in [2.45, 2.75) is 52.1 Å². The molecule has 33 heavy (non-hydrogen) atoms. The predicted molar refractivity (Wildman–Crippen MR) is 115 cm³/mol. The topological polar surface area (TPSA) is 93.9 Å². The highest BCUT2D eigenvalue weighted by atomic mass is 19.3. The third-order valence-electron chi connectivity index (χ3n) is 5.09. The summed E-state index contributed by atoms with van der Waals surface area (Å²) in [5, 5.41) is 14.6. The van der Waals surface area contributed by atoms with Gasteiger partial charge in [-0.15, -0.1) is 0 Å². The number of para-hydroxylation sites is 1. The molecule has 1 amide bonds. The molecule has 0 spiro atoms. The van der Waals surface area contributed by atoms with Gasteiger partial charge < -0.3 is 14.6 Å². The first kappa shape index (κ1) is 22.7. The molecule has 1 aromatic heterocycles. The zero-order valence-corrected chi connectivity index (χ0v) is 18.5. The maximum atomic E-state index is 14.5. The second-order valence-electron chi connectivity index (χ2n) is 8.77. The van der Waals surface area contributed by atoms with Crippen molar-refractivity contribution in [2.24, 2.45) is 0 Å². The number of amides is 1. The van der Waals surface area contributed by atoms with Crippen molar-refractivity contribution in [3.8, 4) is 5.75 Å². The lowest BCUT2D eigenvalue weighted by molar-refractivity contribution is -0.193. The number of hydrogen-bond acceptors (Lipinski definition) is 6. The molecule has 174 valence electrons. The number of carbonyl (C=O) groups is 2. The number of aliphatic hydroxyl groups is 1. The Hall–Kier alpha value is -3.53. The molecule has 0 saturated heterocycles. The molecule has 1 atom stereocenters. The number of aliphatic hydroxyl groups excluding tert-OH is 1. The van der Waals surface area contributed by atoms with Crippen LogP contribution in [0.4, 0.5) is 19.3 Å². The summed E-state index contributed by atoms with van der Waals surface area (Å²) < 4.78 is 40.1. The number of halogens is 2. The van der Waals surface area contributed by atoms with Crippen LogP contribution in [0.25, 0.3) is 10.9 Å². The van der Waals surface area contributed by atoms with Gasteiger partial charge >= 0.3 is 18.1 Å². The quantitative estimate of drug-likeness (QED) is 0.624. The molecule has 0 aliphatic carbocycles. The van der Waals surface area contributed by atoms with Gasteiger partial charge in [-0.05, 0) is 45.4 Å². The average molecular weight is 459 g/mol. The van der Waals surface area contributed by atoms with E-state index < -0.39 is 29.8 Å². The molecule has 2 aromatic carbocycles. The van der Waals surface area contributed by atoms with E-state index >= 15 is 0 Å². The zero-order valence-electron chi connectivity index (χ0n) is 18.5. The summed E-state index contributed by atoms with van der Waals surface area (Å²) in [5.41, 5.74) is 0.416. The third kappa shape index (κ3) is 4.13. The van der Waals surface area contributed by atoms with Crippen LogP contribution in [-0.2, 0) is 16.1 Å². The monoisotopic (exact) mass is 459 g/mol. The van der Waals surface area contributed by atoms with Gasteiger partial charge in [0, 0.05) is 10.9 Å². The normalized spacial score (nSPS) is 16.3. The van der Waals surface area contributed by atoms with Crippen LogP contribution in [0.5, 0.6) is 5.75 Å². The molecule has 10 heteroatoms. The molecule has 8 nitrogen and oxygen atoms in total. The van der Waals surface area contributed by atoms with E-state index in [2.05, 4.69) is 5.10 Å². The van der Waals surface area contributed by atoms with Crippen LogP contribution in [0.15, 0.2) is 42.6 Å². The molecule has 1 aliphatic rings. The van der Waals surface area contributed by atoms with Crippen LogP contribution in [0.3, 0.4) is 0 Å². The molecular weight excluding hydrogens is 436 g/mol. The lowest BCUT2D eigenvalue weighted by Gasteiger charge is -2.35. The van der Waals surface area contributed by atoms with Crippen molar-refractivity contribution in [2.75, 3.05) is 4.90 Å². The summed E-state index contributed by atoms with van der Waals surface area (Å²) >= 11 is 0. The Kier molecular flexibility index (Phi) is 5.36. The lowest BCUT2D eigenvalue weighted by Crippen LogP contribution is -2.50. The average Bonchev–Trinajstić information content (AvgIpc) is 3.14. The van der Waals surface area contributed by atoms with Crippen LogP contribution in [0.2, 0.25) is 0 Å². The molecule has 1 unspecified atom stereocenters. The van der Waals surface area contributed by atoms with Crippen LogP contribution < -0.4 is 9.64 Å². The van der Waals surface area contributed by atoms with Crippen molar-refractivity contribution in [3.05, 3.63) is 53.7 Å². The number of aromatic nitrogens is 2. The number of rotatable bonds is 3. The van der Waals surface area contributed by atoms with E-state index in [1.807, 2.05) is 0 Å². The van der Waals surface area contributed by atoms with Crippen LogP contribution in [0.1, 0.15) is 44.9 Å². The van der Waals surface area contributed by atoms with Gasteiger partial charge in [-0.25, -0.2) is 4.79 Å². The Morgan fingerprint density at radius 3 is 2.61 bits per heavy atom. The van der Waals surface area contributed by atoms with Gasteiger partial charge in [0.15, 0.2) is 5.75 Å². The van der Waals surface area contributed by atoms with E-state index in [0.29, 0.717) is 16.5 Å². The minimum Gasteiger partial charge on any atom is -0.442 e. The maximum absolute atomic E-state index is 14.5. The van der Waals surface area contributed by atoms with Gasteiger partial charge in [0.2, 0.25) is 0 Å². The summed E-state index contributed by atoms with van der Waals surface area (Å²) in [6.07, 6.45) is -4.45. The van der Waals surface area contributed by atoms with Crippen LogP contribution in [0, 0.1) is 0 Å². The molecule has 1 aliphatic heterocycles. The summed E-state index contributed by atoms with van der Waals surface area (Å²) in [5.74, 6) is -1.79. The van der Waals surface area contributed by atoms with Crippen molar-refractivity contribution < 1.29 is 33.0 Å². The van der Waals surface area contributed by atoms with Crippen molar-refractivity contribution in [1.82, 2.24) is 9.78 Å². The summed E-state index contributed by atoms with van der Waals surface area (Å²) in [6.45, 7) is 6.37. The highest BCUT2D eigenvalue weighted by Crippen LogP contribution is 2.44. The molecule has 0 radical (unpaired) electrons. The molecule has 0 fully saturated rings. The standard InChI is InChI=1S/C23H23F2N3O5/c1-13(29)15-8-6-10-18-19(15)32-23(24,25)20(30)27(18)12-14-7-5-9-17-16(14)11-26-28(17)21(31)33-22(2,3)4/h5-11,13,29H,12H2,1-4H3. The first-order valence-electron chi connectivity index (χ1n) is 10.3. The Bertz CT molecular complexity index is 1250. The van der Waals surface area contributed by atoms with Gasteiger partial charge in [0.25, 0.3) is 0 Å². The molecule has 0 bridgehead atoms. The fraction of sp³-hybridized carbons (Fsp3) is 0.348. The van der Waals surface area contributed by atoms with Crippen LogP contribution >= 0.6 is 0 Å². The number of anilines is 1. The number of hydrogen-bond donors (Lipinski definition) is 1. The number of ether oxygens (including phenoxy) is 2. The van der Waals surface area contributed by atoms with Gasteiger partial charge in [0.1, 0.15) is 5.60 Å².